The highest BCUT2D eigenvalue weighted by Crippen LogP contribution is 2.23. The van der Waals surface area contributed by atoms with Crippen LogP contribution in [0.15, 0.2) is 57.5 Å². The number of halogens is 1. The van der Waals surface area contributed by atoms with Crippen molar-refractivity contribution >= 4 is 39.1 Å². The summed E-state index contributed by atoms with van der Waals surface area (Å²) < 4.78 is 6.40. The van der Waals surface area contributed by atoms with Crippen molar-refractivity contribution in [1.82, 2.24) is 15.0 Å². The van der Waals surface area contributed by atoms with Crippen LogP contribution >= 0.6 is 15.9 Å². The molecule has 0 bridgehead atoms. The van der Waals surface area contributed by atoms with Gasteiger partial charge in [0, 0.05) is 34.9 Å². The number of anilines is 2. The zero-order valence-corrected chi connectivity index (χ0v) is 19.3. The first-order valence-corrected chi connectivity index (χ1v) is 11.2. The largest absolute Gasteiger partial charge is 0.338 e. The molecule has 2 heterocycles. The van der Waals surface area contributed by atoms with Crippen molar-refractivity contribution in [2.75, 3.05) is 23.7 Å². The maximum atomic E-state index is 12.8. The number of hydrogen-bond donors (Lipinski definition) is 2. The predicted molar refractivity (Wildman–Crippen MR) is 125 cm³/mol. The van der Waals surface area contributed by atoms with Gasteiger partial charge < -0.3 is 15.2 Å². The quantitative estimate of drug-likeness (QED) is 0.526. The molecule has 2 amide bonds. The van der Waals surface area contributed by atoms with Gasteiger partial charge in [-0.15, -0.1) is 0 Å². The van der Waals surface area contributed by atoms with Crippen LogP contribution < -0.4 is 10.6 Å². The third kappa shape index (κ3) is 5.80. The Bertz CT molecular complexity index is 1100. The summed E-state index contributed by atoms with van der Waals surface area (Å²) in [6, 6.07) is 14.8. The van der Waals surface area contributed by atoms with E-state index in [4.69, 9.17) is 4.52 Å². The molecule has 9 heteroatoms. The Morgan fingerprint density at radius 3 is 2.62 bits per heavy atom. The van der Waals surface area contributed by atoms with Crippen LogP contribution in [-0.4, -0.2) is 39.9 Å². The van der Waals surface area contributed by atoms with E-state index in [2.05, 4.69) is 41.6 Å². The Labute approximate surface area is 194 Å². The molecule has 3 aromatic rings. The molecule has 0 radical (unpaired) electrons. The second kappa shape index (κ2) is 10.1. The summed E-state index contributed by atoms with van der Waals surface area (Å²) in [6.45, 7) is 3.48. The smallest absolute Gasteiger partial charge is 0.241 e. The summed E-state index contributed by atoms with van der Waals surface area (Å²) in [5, 5.41) is 9.77. The van der Waals surface area contributed by atoms with Crippen LogP contribution in [0, 0.1) is 5.92 Å². The number of aromatic nitrogens is 2. The molecular formula is C23H24BrN5O3. The fourth-order valence-electron chi connectivity index (χ4n) is 3.75. The molecule has 0 spiro atoms. The van der Waals surface area contributed by atoms with Gasteiger partial charge in [0.25, 0.3) is 0 Å². The number of carbonyl (C=O) groups is 2. The highest BCUT2D eigenvalue weighted by Gasteiger charge is 2.27. The summed E-state index contributed by atoms with van der Waals surface area (Å²) >= 11 is 3.45. The van der Waals surface area contributed by atoms with Crippen molar-refractivity contribution in [2.45, 2.75) is 26.3 Å². The zero-order chi connectivity index (χ0) is 22.5. The van der Waals surface area contributed by atoms with Gasteiger partial charge in [0.1, 0.15) is 0 Å². The molecule has 1 aliphatic heterocycles. The Morgan fingerprint density at radius 2 is 1.91 bits per heavy atom. The van der Waals surface area contributed by atoms with Gasteiger partial charge >= 0.3 is 0 Å². The van der Waals surface area contributed by atoms with E-state index >= 15 is 0 Å². The predicted octanol–water partition coefficient (Wildman–Crippen LogP) is 4.31. The first-order chi connectivity index (χ1) is 15.5. The fourth-order valence-corrected chi connectivity index (χ4v) is 4.15. The van der Waals surface area contributed by atoms with Crippen molar-refractivity contribution in [3.63, 3.8) is 0 Å². The number of piperidine rings is 1. The lowest BCUT2D eigenvalue weighted by Crippen LogP contribution is -2.40. The van der Waals surface area contributed by atoms with E-state index in [1.807, 2.05) is 24.3 Å². The van der Waals surface area contributed by atoms with E-state index in [9.17, 15) is 9.59 Å². The molecule has 0 saturated carbocycles. The van der Waals surface area contributed by atoms with Crippen LogP contribution in [0.25, 0.3) is 11.4 Å². The summed E-state index contributed by atoms with van der Waals surface area (Å²) in [5.74, 6) is 0.826. The molecule has 1 aliphatic rings. The lowest BCUT2D eigenvalue weighted by molar-refractivity contribution is -0.121. The number of rotatable bonds is 6. The second-order valence-corrected chi connectivity index (χ2v) is 8.76. The average molecular weight is 498 g/mol. The van der Waals surface area contributed by atoms with Crippen molar-refractivity contribution in [2.24, 2.45) is 5.92 Å². The highest BCUT2D eigenvalue weighted by atomic mass is 79.9. The minimum atomic E-state index is -0.130. The van der Waals surface area contributed by atoms with Gasteiger partial charge in [0.05, 0.1) is 12.5 Å². The van der Waals surface area contributed by atoms with Crippen LogP contribution in [0.5, 0.6) is 0 Å². The topological polar surface area (TPSA) is 100 Å². The molecule has 4 rings (SSSR count). The van der Waals surface area contributed by atoms with Crippen LogP contribution in [-0.2, 0) is 16.1 Å². The van der Waals surface area contributed by atoms with Crippen molar-refractivity contribution in [3.05, 3.63) is 58.9 Å². The molecule has 2 aromatic carbocycles. The van der Waals surface area contributed by atoms with Gasteiger partial charge in [0.15, 0.2) is 0 Å². The van der Waals surface area contributed by atoms with E-state index in [0.29, 0.717) is 36.2 Å². The number of benzene rings is 2. The van der Waals surface area contributed by atoms with Gasteiger partial charge in [-0.05, 0) is 55.8 Å². The zero-order valence-electron chi connectivity index (χ0n) is 17.7. The minimum absolute atomic E-state index is 0.0117. The first-order valence-electron chi connectivity index (χ1n) is 10.5. The molecule has 166 valence electrons. The number of amides is 2. The van der Waals surface area contributed by atoms with E-state index in [1.54, 1.807) is 24.3 Å². The summed E-state index contributed by atoms with van der Waals surface area (Å²) in [4.78, 5) is 30.6. The minimum Gasteiger partial charge on any atom is -0.338 e. The van der Waals surface area contributed by atoms with Gasteiger partial charge in [-0.1, -0.05) is 33.2 Å². The normalized spacial score (nSPS) is 16.5. The Balaban J connectivity index is 1.33. The Morgan fingerprint density at radius 1 is 1.16 bits per heavy atom. The molecule has 32 heavy (non-hydrogen) atoms. The number of nitrogens with zero attached hydrogens (tertiary/aromatic N) is 3. The van der Waals surface area contributed by atoms with Crippen LogP contribution in [0.4, 0.5) is 11.4 Å². The standard InChI is InChI=1S/C23H24BrN5O3/c1-15(30)25-19-7-9-20(10-8-19)26-23(31)17-5-3-11-29(13-17)14-21-27-22(28-32-21)16-4-2-6-18(24)12-16/h2,4,6-10,12,17H,3,5,11,13-14H2,1H3,(H,25,30)(H,26,31). The van der Waals surface area contributed by atoms with Crippen LogP contribution in [0.1, 0.15) is 25.7 Å². The Kier molecular flexibility index (Phi) is 6.96. The number of hydrogen-bond acceptors (Lipinski definition) is 6. The van der Waals surface area contributed by atoms with Gasteiger partial charge in [-0.25, -0.2) is 0 Å². The highest BCUT2D eigenvalue weighted by molar-refractivity contribution is 9.10. The average Bonchev–Trinajstić information content (AvgIpc) is 3.23. The lowest BCUT2D eigenvalue weighted by atomic mass is 9.97. The fraction of sp³-hybridized carbons (Fsp3) is 0.304. The SMILES string of the molecule is CC(=O)Nc1ccc(NC(=O)C2CCCN(Cc3nc(-c4cccc(Br)c4)no3)C2)cc1. The molecule has 0 aliphatic carbocycles. The maximum absolute atomic E-state index is 12.8. The van der Waals surface area contributed by atoms with Crippen LogP contribution in [0.2, 0.25) is 0 Å². The van der Waals surface area contributed by atoms with Crippen molar-refractivity contribution < 1.29 is 14.1 Å². The number of likely N-dealkylation sites (tertiary alicyclic amines) is 1. The molecule has 1 fully saturated rings. The maximum Gasteiger partial charge on any atom is 0.241 e. The number of nitrogens with one attached hydrogen (secondary N) is 2. The van der Waals surface area contributed by atoms with E-state index in [0.717, 1.165) is 29.4 Å². The van der Waals surface area contributed by atoms with E-state index < -0.39 is 0 Å². The monoisotopic (exact) mass is 497 g/mol. The van der Waals surface area contributed by atoms with Crippen molar-refractivity contribution in [3.8, 4) is 11.4 Å². The van der Waals surface area contributed by atoms with Crippen LogP contribution in [0.3, 0.4) is 0 Å². The van der Waals surface area contributed by atoms with Gasteiger partial charge in [-0.2, -0.15) is 4.98 Å². The molecule has 2 N–H and O–H groups in total. The summed E-state index contributed by atoms with van der Waals surface area (Å²) in [7, 11) is 0. The molecule has 8 nitrogen and oxygen atoms in total. The number of carbonyl (C=O) groups excluding carboxylic acids is 2. The summed E-state index contributed by atoms with van der Waals surface area (Å²) in [5.41, 5.74) is 2.28. The third-order valence-corrected chi connectivity index (χ3v) is 5.75. The molecular weight excluding hydrogens is 474 g/mol. The first kappa shape index (κ1) is 22.2. The third-order valence-electron chi connectivity index (χ3n) is 5.26. The van der Waals surface area contributed by atoms with Crippen molar-refractivity contribution in [1.29, 1.82) is 0 Å². The molecule has 1 saturated heterocycles. The summed E-state index contributed by atoms with van der Waals surface area (Å²) in [6.07, 6.45) is 1.76. The lowest BCUT2D eigenvalue weighted by Gasteiger charge is -2.30. The Hall–Kier alpha value is -3.04. The van der Waals surface area contributed by atoms with Gasteiger partial charge in [-0.3, -0.25) is 14.5 Å². The molecule has 1 aromatic heterocycles. The van der Waals surface area contributed by atoms with Gasteiger partial charge in [0.2, 0.25) is 23.5 Å². The van der Waals surface area contributed by atoms with E-state index in [-0.39, 0.29) is 17.7 Å². The molecule has 1 atom stereocenters. The van der Waals surface area contributed by atoms with E-state index in [1.165, 1.54) is 6.92 Å². The second-order valence-electron chi connectivity index (χ2n) is 7.84. The molecule has 1 unspecified atom stereocenters.